The normalized spacial score (nSPS) is 22.1. The van der Waals surface area contributed by atoms with Gasteiger partial charge in [0.05, 0.1) is 5.02 Å². The summed E-state index contributed by atoms with van der Waals surface area (Å²) in [6.45, 7) is 6.72. The standard InChI is InChI=1S/C13H20ClN3O2S/c1-3-16-6-7-17(9-10(16)2)20(18,19)13-8-11(15)4-5-12(13)14/h4-5,8,10H,3,6-7,9,15H2,1-2H3. The van der Waals surface area contributed by atoms with Crippen LogP contribution in [-0.2, 0) is 10.0 Å². The van der Waals surface area contributed by atoms with Crippen LogP contribution < -0.4 is 5.73 Å². The highest BCUT2D eigenvalue weighted by Crippen LogP contribution is 2.28. The molecule has 0 spiro atoms. The van der Waals surface area contributed by atoms with Gasteiger partial charge in [-0.1, -0.05) is 18.5 Å². The van der Waals surface area contributed by atoms with E-state index in [1.165, 1.54) is 16.4 Å². The highest BCUT2D eigenvalue weighted by molar-refractivity contribution is 7.89. The van der Waals surface area contributed by atoms with Crippen molar-refractivity contribution in [2.24, 2.45) is 0 Å². The average Bonchev–Trinajstić information content (AvgIpc) is 2.41. The zero-order chi connectivity index (χ0) is 14.9. The molecular formula is C13H20ClN3O2S. The molecule has 112 valence electrons. The van der Waals surface area contributed by atoms with Gasteiger partial charge >= 0.3 is 0 Å². The van der Waals surface area contributed by atoms with E-state index >= 15 is 0 Å². The van der Waals surface area contributed by atoms with Crippen LogP contribution in [0.25, 0.3) is 0 Å². The molecule has 0 saturated carbocycles. The Hall–Kier alpha value is -0.820. The summed E-state index contributed by atoms with van der Waals surface area (Å²) in [6, 6.07) is 4.74. The molecule has 0 radical (unpaired) electrons. The summed E-state index contributed by atoms with van der Waals surface area (Å²) in [5, 5.41) is 0.213. The maximum absolute atomic E-state index is 12.7. The second-order valence-corrected chi connectivity index (χ2v) is 7.34. The van der Waals surface area contributed by atoms with E-state index in [-0.39, 0.29) is 16.0 Å². The van der Waals surface area contributed by atoms with Crippen LogP contribution in [0.3, 0.4) is 0 Å². The summed E-state index contributed by atoms with van der Waals surface area (Å²) in [6.07, 6.45) is 0. The largest absolute Gasteiger partial charge is 0.399 e. The van der Waals surface area contributed by atoms with E-state index < -0.39 is 10.0 Å². The highest BCUT2D eigenvalue weighted by Gasteiger charge is 2.32. The maximum atomic E-state index is 12.7. The van der Waals surface area contributed by atoms with E-state index in [1.54, 1.807) is 6.07 Å². The van der Waals surface area contributed by atoms with Gasteiger partial charge in [0.1, 0.15) is 4.90 Å². The fourth-order valence-corrected chi connectivity index (χ4v) is 4.53. The Bertz CT molecular complexity index is 591. The van der Waals surface area contributed by atoms with E-state index in [0.717, 1.165) is 13.1 Å². The van der Waals surface area contributed by atoms with Crippen LogP contribution in [0.1, 0.15) is 13.8 Å². The topological polar surface area (TPSA) is 66.6 Å². The molecule has 0 aliphatic carbocycles. The fraction of sp³-hybridized carbons (Fsp3) is 0.538. The second-order valence-electron chi connectivity index (χ2n) is 5.03. The van der Waals surface area contributed by atoms with Crippen molar-refractivity contribution in [2.45, 2.75) is 24.8 Å². The number of piperazine rings is 1. The van der Waals surface area contributed by atoms with E-state index in [4.69, 9.17) is 17.3 Å². The van der Waals surface area contributed by atoms with Crippen molar-refractivity contribution in [3.8, 4) is 0 Å². The van der Waals surface area contributed by atoms with Crippen molar-refractivity contribution < 1.29 is 8.42 Å². The molecule has 1 aromatic rings. The number of benzene rings is 1. The Morgan fingerprint density at radius 3 is 2.70 bits per heavy atom. The molecule has 20 heavy (non-hydrogen) atoms. The number of nitrogens with zero attached hydrogens (tertiary/aromatic N) is 2. The quantitative estimate of drug-likeness (QED) is 0.861. The number of nitrogen functional groups attached to an aromatic ring is 1. The summed E-state index contributed by atoms with van der Waals surface area (Å²) in [7, 11) is -3.59. The van der Waals surface area contributed by atoms with Gasteiger partial charge < -0.3 is 5.73 Å². The molecule has 1 atom stereocenters. The monoisotopic (exact) mass is 317 g/mol. The maximum Gasteiger partial charge on any atom is 0.244 e. The summed E-state index contributed by atoms with van der Waals surface area (Å²) in [4.78, 5) is 2.35. The molecule has 1 aliphatic heterocycles. The van der Waals surface area contributed by atoms with Crippen molar-refractivity contribution in [1.82, 2.24) is 9.21 Å². The van der Waals surface area contributed by atoms with Gasteiger partial charge in [0, 0.05) is 31.4 Å². The lowest BCUT2D eigenvalue weighted by Gasteiger charge is -2.38. The summed E-state index contributed by atoms with van der Waals surface area (Å²) >= 11 is 6.02. The first-order valence-corrected chi connectivity index (χ1v) is 8.47. The number of sulfonamides is 1. The first-order valence-electron chi connectivity index (χ1n) is 6.65. The molecular weight excluding hydrogens is 298 g/mol. The molecule has 0 amide bonds. The zero-order valence-corrected chi connectivity index (χ0v) is 13.3. The lowest BCUT2D eigenvalue weighted by Crippen LogP contribution is -2.53. The Morgan fingerprint density at radius 1 is 1.40 bits per heavy atom. The minimum atomic E-state index is -3.59. The summed E-state index contributed by atoms with van der Waals surface area (Å²) < 4.78 is 26.8. The van der Waals surface area contributed by atoms with Crippen molar-refractivity contribution >= 4 is 27.3 Å². The molecule has 1 fully saturated rings. The van der Waals surface area contributed by atoms with E-state index in [2.05, 4.69) is 11.8 Å². The SMILES string of the molecule is CCN1CCN(S(=O)(=O)c2cc(N)ccc2Cl)CC1C. The first kappa shape index (κ1) is 15.6. The molecule has 1 unspecified atom stereocenters. The minimum Gasteiger partial charge on any atom is -0.399 e. The number of likely N-dealkylation sites (N-methyl/N-ethyl adjacent to an activating group) is 1. The minimum absolute atomic E-state index is 0.0938. The van der Waals surface area contributed by atoms with Crippen LogP contribution >= 0.6 is 11.6 Å². The van der Waals surface area contributed by atoms with Crippen molar-refractivity contribution in [2.75, 3.05) is 31.9 Å². The van der Waals surface area contributed by atoms with Gasteiger partial charge in [0.2, 0.25) is 10.0 Å². The molecule has 2 N–H and O–H groups in total. The van der Waals surface area contributed by atoms with Crippen molar-refractivity contribution in [1.29, 1.82) is 0 Å². The van der Waals surface area contributed by atoms with E-state index in [1.807, 2.05) is 6.92 Å². The Kier molecular flexibility index (Phi) is 4.59. The van der Waals surface area contributed by atoms with Crippen LogP contribution in [0, 0.1) is 0 Å². The third-order valence-electron chi connectivity index (χ3n) is 3.71. The van der Waals surface area contributed by atoms with Gasteiger partial charge in [-0.15, -0.1) is 0 Å². The lowest BCUT2D eigenvalue weighted by atomic mass is 10.2. The van der Waals surface area contributed by atoms with Gasteiger partial charge in [-0.05, 0) is 31.7 Å². The third kappa shape index (κ3) is 2.93. The molecule has 7 heteroatoms. The van der Waals surface area contributed by atoms with Crippen LogP contribution in [0.4, 0.5) is 5.69 Å². The number of halogens is 1. The summed E-state index contributed by atoms with van der Waals surface area (Å²) in [5.74, 6) is 0. The molecule has 5 nitrogen and oxygen atoms in total. The van der Waals surface area contributed by atoms with E-state index in [0.29, 0.717) is 18.8 Å². The van der Waals surface area contributed by atoms with Crippen molar-refractivity contribution in [3.05, 3.63) is 23.2 Å². The van der Waals surface area contributed by atoms with E-state index in [9.17, 15) is 8.42 Å². The molecule has 0 aromatic heterocycles. The number of hydrogen-bond acceptors (Lipinski definition) is 4. The number of anilines is 1. The van der Waals surface area contributed by atoms with Gasteiger partial charge in [0.25, 0.3) is 0 Å². The molecule has 1 heterocycles. The number of rotatable bonds is 3. The van der Waals surface area contributed by atoms with Crippen molar-refractivity contribution in [3.63, 3.8) is 0 Å². The number of hydrogen-bond donors (Lipinski definition) is 1. The van der Waals surface area contributed by atoms with Gasteiger partial charge in [-0.2, -0.15) is 4.31 Å². The third-order valence-corrected chi connectivity index (χ3v) is 6.05. The first-order chi connectivity index (χ1) is 9.36. The number of nitrogens with two attached hydrogens (primary N) is 1. The van der Waals surface area contributed by atoms with Crippen LogP contribution in [0.5, 0.6) is 0 Å². The van der Waals surface area contributed by atoms with Gasteiger partial charge in [-0.3, -0.25) is 4.90 Å². The highest BCUT2D eigenvalue weighted by atomic mass is 35.5. The van der Waals surface area contributed by atoms with Gasteiger partial charge in [0.15, 0.2) is 0 Å². The summed E-state index contributed by atoms with van der Waals surface area (Å²) in [5.41, 5.74) is 6.07. The van der Waals surface area contributed by atoms with Gasteiger partial charge in [-0.25, -0.2) is 8.42 Å². The predicted molar refractivity (Wildman–Crippen MR) is 81.3 cm³/mol. The smallest absolute Gasteiger partial charge is 0.244 e. The van der Waals surface area contributed by atoms with Crippen LogP contribution in [-0.4, -0.2) is 49.8 Å². The fourth-order valence-electron chi connectivity index (χ4n) is 2.51. The molecule has 0 bridgehead atoms. The Morgan fingerprint density at radius 2 is 2.10 bits per heavy atom. The molecule has 1 aliphatic rings. The lowest BCUT2D eigenvalue weighted by molar-refractivity contribution is 0.135. The van der Waals surface area contributed by atoms with Crippen LogP contribution in [0.15, 0.2) is 23.1 Å². The molecule has 2 rings (SSSR count). The Labute approximate surface area is 125 Å². The predicted octanol–water partition coefficient (Wildman–Crippen LogP) is 1.64. The Balaban J connectivity index is 2.30. The average molecular weight is 318 g/mol. The van der Waals surface area contributed by atoms with Crippen LogP contribution in [0.2, 0.25) is 5.02 Å². The molecule has 1 saturated heterocycles. The second kappa shape index (κ2) is 5.89. The zero-order valence-electron chi connectivity index (χ0n) is 11.7. The molecule has 1 aromatic carbocycles.